The maximum atomic E-state index is 13.9. The Morgan fingerprint density at radius 1 is 0.944 bits per heavy atom. The molecular formula is C27H24F2N2O4S. The van der Waals surface area contributed by atoms with Crippen LogP contribution in [0.25, 0.3) is 10.6 Å². The van der Waals surface area contributed by atoms with Gasteiger partial charge < -0.3 is 19.5 Å². The van der Waals surface area contributed by atoms with Crippen LogP contribution in [0.3, 0.4) is 0 Å². The minimum atomic E-state index is -0.552. The average Bonchev–Trinajstić information content (AvgIpc) is 3.40. The van der Waals surface area contributed by atoms with E-state index >= 15 is 0 Å². The maximum Gasteiger partial charge on any atom is 0.270 e. The summed E-state index contributed by atoms with van der Waals surface area (Å²) in [5, 5.41) is 5.21. The zero-order chi connectivity index (χ0) is 25.5. The minimum absolute atomic E-state index is 0.0995. The number of hydrogen-bond donors (Lipinski definition) is 1. The number of nitrogens with one attached hydrogen (secondary N) is 1. The van der Waals surface area contributed by atoms with E-state index in [1.807, 2.05) is 24.3 Å². The van der Waals surface area contributed by atoms with Gasteiger partial charge in [0.15, 0.2) is 11.5 Å². The van der Waals surface area contributed by atoms with E-state index in [1.54, 1.807) is 30.7 Å². The Labute approximate surface area is 211 Å². The van der Waals surface area contributed by atoms with Crippen molar-refractivity contribution in [3.05, 3.63) is 94.5 Å². The zero-order valence-corrected chi connectivity index (χ0v) is 20.5. The molecule has 4 rings (SSSR count). The summed E-state index contributed by atoms with van der Waals surface area (Å²) in [5.41, 5.74) is 2.15. The molecule has 0 aliphatic heterocycles. The normalized spacial score (nSPS) is 10.7. The first kappa shape index (κ1) is 25.1. The summed E-state index contributed by atoms with van der Waals surface area (Å²) in [6, 6.07) is 16.0. The Morgan fingerprint density at radius 2 is 1.75 bits per heavy atom. The van der Waals surface area contributed by atoms with Crippen LogP contribution in [0.4, 0.5) is 8.78 Å². The van der Waals surface area contributed by atoms with Crippen molar-refractivity contribution in [1.29, 1.82) is 0 Å². The third-order valence-corrected chi connectivity index (χ3v) is 6.30. The van der Waals surface area contributed by atoms with Crippen molar-refractivity contribution in [3.8, 4) is 27.8 Å². The molecule has 4 aromatic rings. The van der Waals surface area contributed by atoms with Crippen molar-refractivity contribution in [2.24, 2.45) is 0 Å². The summed E-state index contributed by atoms with van der Waals surface area (Å²) in [7, 11) is 3.10. The smallest absolute Gasteiger partial charge is 0.270 e. The van der Waals surface area contributed by atoms with Gasteiger partial charge in [-0.15, -0.1) is 11.3 Å². The second-order valence-electron chi connectivity index (χ2n) is 7.75. The minimum Gasteiger partial charge on any atom is -0.496 e. The van der Waals surface area contributed by atoms with E-state index in [-0.39, 0.29) is 18.1 Å². The SMILES string of the molecule is COc1ccccc1CCNC(=O)c1csc(-c2ccc(OCc3cc(F)ccc3F)c(OC)c2)n1. The quantitative estimate of drug-likeness (QED) is 0.298. The molecule has 0 radical (unpaired) electrons. The number of rotatable bonds is 10. The summed E-state index contributed by atoms with van der Waals surface area (Å²) >= 11 is 1.33. The highest BCUT2D eigenvalue weighted by atomic mass is 32.1. The first-order valence-electron chi connectivity index (χ1n) is 11.1. The van der Waals surface area contributed by atoms with Crippen molar-refractivity contribution < 1.29 is 27.8 Å². The Bertz CT molecular complexity index is 1360. The van der Waals surface area contributed by atoms with Gasteiger partial charge in [-0.2, -0.15) is 0 Å². The summed E-state index contributed by atoms with van der Waals surface area (Å²) in [6.45, 7) is 0.285. The van der Waals surface area contributed by atoms with E-state index < -0.39 is 11.6 Å². The number of thiazole rings is 1. The molecule has 0 aliphatic carbocycles. The fraction of sp³-hybridized carbons (Fsp3) is 0.185. The van der Waals surface area contributed by atoms with Gasteiger partial charge in [0.05, 0.1) is 14.2 Å². The lowest BCUT2D eigenvalue weighted by molar-refractivity contribution is 0.0950. The van der Waals surface area contributed by atoms with Crippen LogP contribution in [0.2, 0.25) is 0 Å². The largest absolute Gasteiger partial charge is 0.496 e. The number of nitrogens with zero attached hydrogens (tertiary/aromatic N) is 1. The van der Waals surface area contributed by atoms with Gasteiger partial charge in [-0.25, -0.2) is 13.8 Å². The van der Waals surface area contributed by atoms with Gasteiger partial charge in [0.25, 0.3) is 5.91 Å². The summed E-state index contributed by atoms with van der Waals surface area (Å²) in [6.07, 6.45) is 0.630. The molecule has 0 saturated heterocycles. The van der Waals surface area contributed by atoms with Crippen molar-refractivity contribution >= 4 is 17.2 Å². The zero-order valence-electron chi connectivity index (χ0n) is 19.7. The highest BCUT2D eigenvalue weighted by Crippen LogP contribution is 2.34. The monoisotopic (exact) mass is 510 g/mol. The highest BCUT2D eigenvalue weighted by Gasteiger charge is 2.15. The Morgan fingerprint density at radius 3 is 2.56 bits per heavy atom. The molecule has 3 aromatic carbocycles. The van der Waals surface area contributed by atoms with Crippen LogP contribution in [-0.4, -0.2) is 31.7 Å². The molecule has 0 spiro atoms. The van der Waals surface area contributed by atoms with Gasteiger partial charge in [-0.05, 0) is 54.4 Å². The standard InChI is InChI=1S/C27H24F2N2O4S/c1-33-23-6-4-3-5-17(23)11-12-30-26(32)22-16-36-27(31-22)18-7-10-24(25(14-18)34-2)35-15-19-13-20(28)8-9-21(19)29/h3-10,13-14,16H,11-12,15H2,1-2H3,(H,30,32). The van der Waals surface area contributed by atoms with Gasteiger partial charge >= 0.3 is 0 Å². The topological polar surface area (TPSA) is 69.7 Å². The summed E-state index contributed by atoms with van der Waals surface area (Å²) in [5.74, 6) is 0.198. The molecule has 1 N–H and O–H groups in total. The van der Waals surface area contributed by atoms with Crippen LogP contribution < -0.4 is 19.5 Å². The number of carbonyl (C=O) groups is 1. The van der Waals surface area contributed by atoms with Crippen LogP contribution in [0, 0.1) is 11.6 Å². The molecule has 0 unspecified atom stereocenters. The number of carbonyl (C=O) groups excluding carboxylic acids is 1. The van der Waals surface area contributed by atoms with Crippen molar-refractivity contribution in [2.45, 2.75) is 13.0 Å². The summed E-state index contributed by atoms with van der Waals surface area (Å²) in [4.78, 5) is 17.0. The van der Waals surface area contributed by atoms with Crippen LogP contribution in [0.15, 0.2) is 66.0 Å². The molecule has 0 aliphatic rings. The number of halogens is 2. The second kappa shape index (κ2) is 11.6. The average molecular weight is 511 g/mol. The number of methoxy groups -OCH3 is 2. The highest BCUT2D eigenvalue weighted by molar-refractivity contribution is 7.13. The van der Waals surface area contributed by atoms with Crippen molar-refractivity contribution in [2.75, 3.05) is 20.8 Å². The van der Waals surface area contributed by atoms with E-state index in [0.29, 0.717) is 35.2 Å². The number of para-hydroxylation sites is 1. The van der Waals surface area contributed by atoms with Gasteiger partial charge in [-0.1, -0.05) is 18.2 Å². The molecule has 0 fully saturated rings. The van der Waals surface area contributed by atoms with Gasteiger partial charge in [0.2, 0.25) is 0 Å². The molecule has 0 bridgehead atoms. The molecule has 0 atom stereocenters. The number of aromatic nitrogens is 1. The number of hydrogen-bond acceptors (Lipinski definition) is 6. The lowest BCUT2D eigenvalue weighted by Gasteiger charge is -2.12. The van der Waals surface area contributed by atoms with Crippen LogP contribution in [0.5, 0.6) is 17.2 Å². The predicted molar refractivity (Wildman–Crippen MR) is 134 cm³/mol. The Balaban J connectivity index is 1.39. The van der Waals surface area contributed by atoms with Crippen LogP contribution in [-0.2, 0) is 13.0 Å². The number of benzene rings is 3. The number of amides is 1. The van der Waals surface area contributed by atoms with Crippen molar-refractivity contribution in [3.63, 3.8) is 0 Å². The van der Waals surface area contributed by atoms with Crippen LogP contribution >= 0.6 is 11.3 Å². The third-order valence-electron chi connectivity index (χ3n) is 5.41. The molecule has 1 heterocycles. The molecule has 1 aromatic heterocycles. The third kappa shape index (κ3) is 5.98. The van der Waals surface area contributed by atoms with E-state index in [9.17, 15) is 13.6 Å². The van der Waals surface area contributed by atoms with Gasteiger partial charge in [0, 0.05) is 23.1 Å². The lowest BCUT2D eigenvalue weighted by atomic mass is 10.1. The maximum absolute atomic E-state index is 13.9. The van der Waals surface area contributed by atoms with E-state index in [0.717, 1.165) is 35.1 Å². The number of ether oxygens (including phenoxy) is 3. The molecule has 186 valence electrons. The van der Waals surface area contributed by atoms with E-state index in [4.69, 9.17) is 14.2 Å². The van der Waals surface area contributed by atoms with Crippen LogP contribution in [0.1, 0.15) is 21.6 Å². The van der Waals surface area contributed by atoms with Gasteiger partial charge in [-0.3, -0.25) is 4.79 Å². The fourth-order valence-corrected chi connectivity index (χ4v) is 4.35. The molecule has 1 amide bonds. The second-order valence-corrected chi connectivity index (χ2v) is 8.60. The Kier molecular flexibility index (Phi) is 8.12. The molecule has 9 heteroatoms. The molecule has 0 saturated carbocycles. The fourth-order valence-electron chi connectivity index (χ4n) is 3.55. The van der Waals surface area contributed by atoms with E-state index in [2.05, 4.69) is 10.3 Å². The van der Waals surface area contributed by atoms with Gasteiger partial charge in [0.1, 0.15) is 34.7 Å². The summed E-state index contributed by atoms with van der Waals surface area (Å²) < 4.78 is 43.7. The van der Waals surface area contributed by atoms with E-state index in [1.165, 1.54) is 18.4 Å². The molecule has 36 heavy (non-hydrogen) atoms. The van der Waals surface area contributed by atoms with Crippen molar-refractivity contribution in [1.82, 2.24) is 10.3 Å². The predicted octanol–water partition coefficient (Wildman–Crippen LogP) is 5.66. The lowest BCUT2D eigenvalue weighted by Crippen LogP contribution is -2.26. The molecular weight excluding hydrogens is 486 g/mol. The Hall–Kier alpha value is -3.98. The first-order valence-corrected chi connectivity index (χ1v) is 12.0. The molecule has 6 nitrogen and oxygen atoms in total. The first-order chi connectivity index (χ1) is 17.5.